The van der Waals surface area contributed by atoms with Gasteiger partial charge in [0.15, 0.2) is 5.78 Å². The van der Waals surface area contributed by atoms with Gasteiger partial charge in [-0.1, -0.05) is 44.7 Å². The van der Waals surface area contributed by atoms with E-state index in [0.717, 1.165) is 25.7 Å². The lowest BCUT2D eigenvalue weighted by Gasteiger charge is -2.60. The first-order chi connectivity index (χ1) is 12.3. The van der Waals surface area contributed by atoms with Gasteiger partial charge in [-0.15, -0.1) is 0 Å². The van der Waals surface area contributed by atoms with E-state index in [0.29, 0.717) is 42.8 Å². The zero-order chi connectivity index (χ0) is 18.7. The Morgan fingerprint density at radius 3 is 2.69 bits per heavy atom. The van der Waals surface area contributed by atoms with Crippen LogP contribution in [0.4, 0.5) is 0 Å². The molecule has 0 aromatic heterocycles. The number of Topliss-reactive ketones (excluding diaryl/α,β-unsaturated/α-hetero) is 1. The molecule has 0 aromatic rings. The number of ketones is 2. The molecular formula is C21H23Br2ClO2. The molecule has 0 bridgehead atoms. The fourth-order valence-corrected chi connectivity index (χ4v) is 8.60. The van der Waals surface area contributed by atoms with Crippen LogP contribution in [0.1, 0.15) is 51.9 Å². The van der Waals surface area contributed by atoms with E-state index in [1.54, 1.807) is 0 Å². The van der Waals surface area contributed by atoms with Crippen molar-refractivity contribution >= 4 is 55.0 Å². The van der Waals surface area contributed by atoms with Crippen LogP contribution in [0.25, 0.3) is 0 Å². The predicted octanol–water partition coefficient (Wildman–Crippen LogP) is 5.40. The summed E-state index contributed by atoms with van der Waals surface area (Å²) in [5, 5.41) is 2.57. The fraction of sp³-hybridized carbons (Fsp3) is 0.714. The normalized spacial score (nSPS) is 47.2. The van der Waals surface area contributed by atoms with E-state index in [1.165, 1.54) is 5.57 Å². The predicted molar refractivity (Wildman–Crippen MR) is 110 cm³/mol. The number of carbonyl (C=O) groups is 2. The number of alkyl halides is 2. The second kappa shape index (κ2) is 6.75. The Morgan fingerprint density at radius 1 is 1.19 bits per heavy atom. The Balaban J connectivity index is 1.83. The van der Waals surface area contributed by atoms with E-state index in [4.69, 9.17) is 11.6 Å². The highest BCUT2D eigenvalue weighted by Crippen LogP contribution is 2.67. The van der Waals surface area contributed by atoms with Gasteiger partial charge in [-0.25, -0.2) is 0 Å². The maximum Gasteiger partial charge on any atom is 0.155 e. The van der Waals surface area contributed by atoms with E-state index in [-0.39, 0.29) is 26.3 Å². The monoisotopic (exact) mass is 500 g/mol. The van der Waals surface area contributed by atoms with Crippen molar-refractivity contribution in [3.8, 4) is 11.3 Å². The molecule has 0 N–H and O–H groups in total. The number of carbonyl (C=O) groups excluding carboxylic acids is 2. The molecule has 4 aliphatic carbocycles. The van der Waals surface area contributed by atoms with E-state index in [1.807, 2.05) is 6.08 Å². The van der Waals surface area contributed by atoms with Gasteiger partial charge >= 0.3 is 0 Å². The molecule has 5 heteroatoms. The van der Waals surface area contributed by atoms with Crippen molar-refractivity contribution in [2.75, 3.05) is 0 Å². The summed E-state index contributed by atoms with van der Waals surface area (Å²) in [6.45, 7) is 2.19. The van der Waals surface area contributed by atoms with Crippen LogP contribution < -0.4 is 0 Å². The van der Waals surface area contributed by atoms with Gasteiger partial charge in [0.05, 0.1) is 0 Å². The summed E-state index contributed by atoms with van der Waals surface area (Å²) < 4.78 is 0. The lowest BCUT2D eigenvalue weighted by Crippen LogP contribution is -2.58. The zero-order valence-corrected chi connectivity index (χ0v) is 18.8. The molecule has 4 rings (SSSR count). The Bertz CT molecular complexity index is 751. The summed E-state index contributed by atoms with van der Waals surface area (Å²) in [6.07, 6.45) is 7.71. The minimum absolute atomic E-state index is 0.0914. The third-order valence-corrected chi connectivity index (χ3v) is 10.9. The molecule has 0 unspecified atom stereocenters. The molecular weight excluding hydrogens is 479 g/mol. The van der Waals surface area contributed by atoms with E-state index in [2.05, 4.69) is 50.1 Å². The second-order valence-corrected chi connectivity index (χ2v) is 11.0. The van der Waals surface area contributed by atoms with E-state index in [9.17, 15) is 9.59 Å². The Labute approximate surface area is 177 Å². The summed E-state index contributed by atoms with van der Waals surface area (Å²) in [6, 6.07) is 0. The third kappa shape index (κ3) is 2.56. The number of rotatable bonds is 1. The molecule has 0 spiro atoms. The van der Waals surface area contributed by atoms with Gasteiger partial charge in [0.25, 0.3) is 0 Å². The van der Waals surface area contributed by atoms with Gasteiger partial charge in [0, 0.05) is 45.1 Å². The average Bonchev–Trinajstić information content (AvgIpc) is 2.93. The summed E-state index contributed by atoms with van der Waals surface area (Å²) in [5.41, 5.74) is 0.931. The maximum absolute atomic E-state index is 12.6. The smallest absolute Gasteiger partial charge is 0.155 e. The molecule has 3 saturated carbocycles. The van der Waals surface area contributed by atoms with Crippen molar-refractivity contribution in [3.63, 3.8) is 0 Å². The fourth-order valence-electron chi connectivity index (χ4n) is 6.57. The number of fused-ring (bicyclic) bond motifs is 5. The summed E-state index contributed by atoms with van der Waals surface area (Å²) in [5.74, 6) is 5.08. The van der Waals surface area contributed by atoms with Gasteiger partial charge in [0.2, 0.25) is 0 Å². The second-order valence-electron chi connectivity index (χ2n) is 8.72. The van der Waals surface area contributed by atoms with Crippen molar-refractivity contribution < 1.29 is 9.59 Å². The number of hydrogen-bond donors (Lipinski definition) is 0. The molecule has 26 heavy (non-hydrogen) atoms. The molecule has 3 fully saturated rings. The van der Waals surface area contributed by atoms with Crippen molar-refractivity contribution in [1.82, 2.24) is 0 Å². The summed E-state index contributed by atoms with van der Waals surface area (Å²) in [7, 11) is 0. The average molecular weight is 503 g/mol. The van der Waals surface area contributed by atoms with Gasteiger partial charge in [-0.3, -0.25) is 9.59 Å². The number of halogens is 3. The lowest BCUT2D eigenvalue weighted by atomic mass is 9.46. The summed E-state index contributed by atoms with van der Waals surface area (Å²) in [4.78, 5) is 25.2. The van der Waals surface area contributed by atoms with Crippen LogP contribution in [0.5, 0.6) is 0 Å². The van der Waals surface area contributed by atoms with Gasteiger partial charge < -0.3 is 0 Å². The van der Waals surface area contributed by atoms with Crippen LogP contribution in [-0.4, -0.2) is 21.2 Å². The molecule has 0 radical (unpaired) electrons. The van der Waals surface area contributed by atoms with E-state index >= 15 is 0 Å². The molecule has 7 atom stereocenters. The van der Waals surface area contributed by atoms with Crippen LogP contribution in [-0.2, 0) is 9.59 Å². The topological polar surface area (TPSA) is 34.1 Å². The first-order valence-electron chi connectivity index (χ1n) is 9.50. The Hall–Kier alpha value is -0.110. The van der Waals surface area contributed by atoms with Gasteiger partial charge in [0.1, 0.15) is 5.78 Å². The molecule has 0 aromatic carbocycles. The van der Waals surface area contributed by atoms with Gasteiger partial charge in [-0.2, -0.15) is 0 Å². The van der Waals surface area contributed by atoms with Crippen LogP contribution >= 0.6 is 43.5 Å². The Morgan fingerprint density at radius 2 is 1.96 bits per heavy atom. The number of allylic oxidation sites excluding steroid dienone is 1. The maximum atomic E-state index is 12.6. The summed E-state index contributed by atoms with van der Waals surface area (Å²) >= 11 is 13.6. The SMILES string of the molecule is C[C@]12CC[C@H]3[C@@H]([C@H](Br)[C@@H](Br)C4=CC(=O)CC[C@@]43CC#CCl)[C@@H]1CCC2=O. The van der Waals surface area contributed by atoms with Gasteiger partial charge in [-0.05, 0) is 66.7 Å². The molecule has 140 valence electrons. The first kappa shape index (κ1) is 19.2. The molecule has 0 amide bonds. The van der Waals surface area contributed by atoms with Crippen molar-refractivity contribution in [1.29, 1.82) is 0 Å². The van der Waals surface area contributed by atoms with Crippen LogP contribution in [0.3, 0.4) is 0 Å². The van der Waals surface area contributed by atoms with Crippen LogP contribution in [0.15, 0.2) is 11.6 Å². The van der Waals surface area contributed by atoms with Crippen molar-refractivity contribution in [2.24, 2.45) is 28.6 Å². The van der Waals surface area contributed by atoms with Crippen LogP contribution in [0, 0.1) is 39.9 Å². The molecule has 0 heterocycles. The standard InChI is InChI=1S/C21H23Br2ClO2/c1-20-8-6-14-17(13(20)3-4-16(20)26)19(23)18(22)15-11-12(25)5-9-21(14,15)7-2-10-24/h11,13-14,17-19H,3-9H2,1H3/t13-,14-,17-,18-,19-,20-,21+/m0/s1. The van der Waals surface area contributed by atoms with E-state index < -0.39 is 0 Å². The van der Waals surface area contributed by atoms with Crippen LogP contribution in [0.2, 0.25) is 0 Å². The highest BCUT2D eigenvalue weighted by Gasteiger charge is 2.63. The minimum Gasteiger partial charge on any atom is -0.299 e. The lowest BCUT2D eigenvalue weighted by molar-refractivity contribution is -0.132. The van der Waals surface area contributed by atoms with Crippen molar-refractivity contribution in [3.05, 3.63) is 11.6 Å². The highest BCUT2D eigenvalue weighted by atomic mass is 79.9. The molecule has 0 aliphatic heterocycles. The third-order valence-electron chi connectivity index (χ3n) is 7.88. The Kier molecular flexibility index (Phi) is 4.99. The molecule has 2 nitrogen and oxygen atoms in total. The zero-order valence-electron chi connectivity index (χ0n) is 14.9. The molecule has 0 saturated heterocycles. The first-order valence-corrected chi connectivity index (χ1v) is 11.7. The van der Waals surface area contributed by atoms with Crippen molar-refractivity contribution in [2.45, 2.75) is 61.5 Å². The molecule has 4 aliphatic rings. The number of hydrogen-bond acceptors (Lipinski definition) is 2. The quantitative estimate of drug-likeness (QED) is 0.355. The largest absolute Gasteiger partial charge is 0.299 e. The minimum atomic E-state index is -0.176. The highest BCUT2D eigenvalue weighted by molar-refractivity contribution is 9.12.